The van der Waals surface area contributed by atoms with Gasteiger partial charge in [-0.2, -0.15) is 0 Å². The number of rotatable bonds is 10. The van der Waals surface area contributed by atoms with Crippen LogP contribution in [0, 0.1) is 0 Å². The molecule has 0 aliphatic carbocycles. The van der Waals surface area contributed by atoms with Crippen LogP contribution in [0.25, 0.3) is 0 Å². The molecule has 1 aliphatic rings. The van der Waals surface area contributed by atoms with Gasteiger partial charge in [-0.15, -0.1) is 0 Å². The van der Waals surface area contributed by atoms with E-state index in [4.69, 9.17) is 5.73 Å². The largest absolute Gasteiger partial charge is 0.326 e. The third-order valence-corrected chi connectivity index (χ3v) is 4.37. The summed E-state index contributed by atoms with van der Waals surface area (Å²) < 4.78 is 0. The van der Waals surface area contributed by atoms with E-state index in [2.05, 4.69) is 18.7 Å². The van der Waals surface area contributed by atoms with E-state index < -0.39 is 0 Å². The molecule has 2 nitrogen and oxygen atoms in total. The summed E-state index contributed by atoms with van der Waals surface area (Å²) in [5.74, 6) is 0. The van der Waals surface area contributed by atoms with Crippen LogP contribution in [0.2, 0.25) is 0 Å². The Labute approximate surface area is 114 Å². The van der Waals surface area contributed by atoms with Crippen molar-refractivity contribution in [3.63, 3.8) is 0 Å². The molecule has 1 saturated heterocycles. The van der Waals surface area contributed by atoms with E-state index in [9.17, 15) is 0 Å². The Kier molecular flexibility index (Phi) is 8.70. The van der Waals surface area contributed by atoms with Crippen LogP contribution in [-0.2, 0) is 0 Å². The Morgan fingerprint density at radius 3 is 2.28 bits per heavy atom. The average molecular weight is 254 g/mol. The zero-order chi connectivity index (χ0) is 13.2. The third-order valence-electron chi connectivity index (χ3n) is 4.37. The third kappa shape index (κ3) is 5.71. The average Bonchev–Trinajstić information content (AvgIpc) is 2.72. The van der Waals surface area contributed by atoms with E-state index in [0.29, 0.717) is 12.1 Å². The number of hydrogen-bond donors (Lipinski definition) is 1. The van der Waals surface area contributed by atoms with E-state index >= 15 is 0 Å². The predicted octanol–water partition coefficient (Wildman–Crippen LogP) is 3.94. The number of hydrogen-bond acceptors (Lipinski definition) is 2. The maximum Gasteiger partial charge on any atom is 0.0247 e. The summed E-state index contributed by atoms with van der Waals surface area (Å²) in [7, 11) is 0. The molecule has 2 heteroatoms. The summed E-state index contributed by atoms with van der Waals surface area (Å²) in [6.45, 7) is 7.08. The molecule has 108 valence electrons. The second kappa shape index (κ2) is 9.80. The van der Waals surface area contributed by atoms with Gasteiger partial charge in [0, 0.05) is 18.6 Å². The van der Waals surface area contributed by atoms with Crippen molar-refractivity contribution in [2.45, 2.75) is 90.1 Å². The minimum absolute atomic E-state index is 0.442. The van der Waals surface area contributed by atoms with E-state index in [-0.39, 0.29) is 0 Å². The van der Waals surface area contributed by atoms with Crippen molar-refractivity contribution in [1.29, 1.82) is 0 Å². The van der Waals surface area contributed by atoms with E-state index in [0.717, 1.165) is 0 Å². The molecule has 1 fully saturated rings. The summed E-state index contributed by atoms with van der Waals surface area (Å²) in [5.41, 5.74) is 6.27. The van der Waals surface area contributed by atoms with Gasteiger partial charge in [0.05, 0.1) is 0 Å². The molecule has 0 amide bonds. The van der Waals surface area contributed by atoms with Crippen LogP contribution in [0.3, 0.4) is 0 Å². The van der Waals surface area contributed by atoms with Gasteiger partial charge in [-0.3, -0.25) is 4.90 Å². The normalized spacial score (nSPS) is 24.8. The second-order valence-electron chi connectivity index (χ2n) is 5.97. The number of unbranched alkanes of at least 4 members (excludes halogenated alkanes) is 6. The van der Waals surface area contributed by atoms with E-state index in [1.807, 2.05) is 0 Å². The van der Waals surface area contributed by atoms with Crippen LogP contribution in [-0.4, -0.2) is 30.1 Å². The molecule has 0 aromatic rings. The van der Waals surface area contributed by atoms with Crippen LogP contribution in [0.15, 0.2) is 0 Å². The molecule has 18 heavy (non-hydrogen) atoms. The zero-order valence-corrected chi connectivity index (χ0v) is 12.7. The molecule has 0 saturated carbocycles. The lowest BCUT2D eigenvalue weighted by Gasteiger charge is -2.26. The van der Waals surface area contributed by atoms with Crippen molar-refractivity contribution in [2.75, 3.05) is 13.1 Å². The van der Waals surface area contributed by atoms with E-state index in [1.54, 1.807) is 0 Å². The minimum atomic E-state index is 0.442. The summed E-state index contributed by atoms with van der Waals surface area (Å²) in [5, 5.41) is 0. The molecular formula is C16H34N2. The first-order valence-corrected chi connectivity index (χ1v) is 8.29. The lowest BCUT2D eigenvalue weighted by atomic mass is 10.0. The van der Waals surface area contributed by atoms with Gasteiger partial charge in [0.15, 0.2) is 0 Å². The smallest absolute Gasteiger partial charge is 0.0247 e. The highest BCUT2D eigenvalue weighted by atomic mass is 15.2. The highest BCUT2D eigenvalue weighted by Gasteiger charge is 2.30. The molecule has 0 radical (unpaired) electrons. The summed E-state index contributed by atoms with van der Waals surface area (Å²) >= 11 is 0. The van der Waals surface area contributed by atoms with Crippen LogP contribution in [0.1, 0.15) is 78.1 Å². The van der Waals surface area contributed by atoms with Crippen molar-refractivity contribution in [3.05, 3.63) is 0 Å². The quantitative estimate of drug-likeness (QED) is 0.598. The topological polar surface area (TPSA) is 29.3 Å². The summed E-state index contributed by atoms with van der Waals surface area (Å²) in [6.07, 6.45) is 13.5. The molecule has 2 N–H and O–H groups in total. The molecule has 0 aromatic heterocycles. The van der Waals surface area contributed by atoms with Crippen molar-refractivity contribution >= 4 is 0 Å². The molecule has 1 rings (SSSR count). The fourth-order valence-corrected chi connectivity index (χ4v) is 3.14. The Morgan fingerprint density at radius 2 is 1.61 bits per heavy atom. The summed E-state index contributed by atoms with van der Waals surface area (Å²) in [4.78, 5) is 2.67. The Balaban J connectivity index is 2.18. The molecule has 0 spiro atoms. The van der Waals surface area contributed by atoms with Crippen LogP contribution >= 0.6 is 0 Å². The van der Waals surface area contributed by atoms with Gasteiger partial charge in [-0.1, -0.05) is 58.8 Å². The van der Waals surface area contributed by atoms with Crippen LogP contribution < -0.4 is 5.73 Å². The number of nitrogens with zero attached hydrogens (tertiary/aromatic N) is 1. The van der Waals surface area contributed by atoms with Gasteiger partial charge >= 0.3 is 0 Å². The Bertz CT molecular complexity index is 194. The van der Waals surface area contributed by atoms with Gasteiger partial charge in [-0.25, -0.2) is 0 Å². The van der Waals surface area contributed by atoms with E-state index in [1.165, 1.54) is 77.3 Å². The SMILES string of the molecule is CCCCCCC1C(N)CCN1CCCCCC. The maximum absolute atomic E-state index is 6.27. The first-order chi connectivity index (χ1) is 8.79. The lowest BCUT2D eigenvalue weighted by Crippen LogP contribution is -2.39. The van der Waals surface area contributed by atoms with Crippen molar-refractivity contribution in [1.82, 2.24) is 4.90 Å². The van der Waals surface area contributed by atoms with Gasteiger partial charge in [0.25, 0.3) is 0 Å². The van der Waals surface area contributed by atoms with Gasteiger partial charge < -0.3 is 5.73 Å². The number of likely N-dealkylation sites (tertiary alicyclic amines) is 1. The molecule has 1 aliphatic heterocycles. The second-order valence-corrected chi connectivity index (χ2v) is 5.97. The van der Waals surface area contributed by atoms with Crippen molar-refractivity contribution in [2.24, 2.45) is 5.73 Å². The monoisotopic (exact) mass is 254 g/mol. The predicted molar refractivity (Wildman–Crippen MR) is 80.9 cm³/mol. The Morgan fingerprint density at radius 1 is 0.944 bits per heavy atom. The fourth-order valence-electron chi connectivity index (χ4n) is 3.14. The maximum atomic E-state index is 6.27. The summed E-state index contributed by atoms with van der Waals surface area (Å²) in [6, 6.07) is 1.13. The molecule has 2 atom stereocenters. The zero-order valence-electron chi connectivity index (χ0n) is 12.7. The molecule has 0 bridgehead atoms. The molecule has 1 heterocycles. The van der Waals surface area contributed by atoms with Gasteiger partial charge in [-0.05, 0) is 25.8 Å². The minimum Gasteiger partial charge on any atom is -0.326 e. The molecule has 2 unspecified atom stereocenters. The van der Waals surface area contributed by atoms with Crippen LogP contribution in [0.5, 0.6) is 0 Å². The fraction of sp³-hybridized carbons (Fsp3) is 1.00. The Hall–Kier alpha value is -0.0800. The first-order valence-electron chi connectivity index (χ1n) is 8.29. The molecule has 0 aromatic carbocycles. The van der Waals surface area contributed by atoms with Crippen molar-refractivity contribution < 1.29 is 0 Å². The highest BCUT2D eigenvalue weighted by molar-refractivity contribution is 4.89. The lowest BCUT2D eigenvalue weighted by molar-refractivity contribution is 0.224. The van der Waals surface area contributed by atoms with Crippen LogP contribution in [0.4, 0.5) is 0 Å². The standard InChI is InChI=1S/C16H34N2/c1-3-5-7-9-11-16-15(17)12-14-18(16)13-10-8-6-4-2/h15-16H,3-14,17H2,1-2H3. The van der Waals surface area contributed by atoms with Gasteiger partial charge in [0.1, 0.15) is 0 Å². The molecular weight excluding hydrogens is 220 g/mol. The van der Waals surface area contributed by atoms with Gasteiger partial charge in [0.2, 0.25) is 0 Å². The number of nitrogens with two attached hydrogens (primary N) is 1. The first kappa shape index (κ1) is 16.0. The highest BCUT2D eigenvalue weighted by Crippen LogP contribution is 2.22. The van der Waals surface area contributed by atoms with Crippen molar-refractivity contribution in [3.8, 4) is 0 Å².